The van der Waals surface area contributed by atoms with Gasteiger partial charge in [0.1, 0.15) is 0 Å². The maximum Gasteiger partial charge on any atom is 0.0184 e. The number of rotatable bonds is 2. The van der Waals surface area contributed by atoms with Crippen molar-refractivity contribution in [2.45, 2.75) is 45.4 Å². The average molecular weight is 182 g/mol. The summed E-state index contributed by atoms with van der Waals surface area (Å²) in [6, 6.07) is 0. The van der Waals surface area contributed by atoms with Gasteiger partial charge in [0, 0.05) is 19.6 Å². The average Bonchev–Trinajstić information content (AvgIpc) is 2.54. The molecule has 0 amide bonds. The summed E-state index contributed by atoms with van der Waals surface area (Å²) in [6.45, 7) is 6.18. The quantitative estimate of drug-likeness (QED) is 0.704. The highest BCUT2D eigenvalue weighted by molar-refractivity contribution is 4.83. The zero-order valence-corrected chi connectivity index (χ0v) is 8.81. The highest BCUT2D eigenvalue weighted by Crippen LogP contribution is 2.37. The summed E-state index contributed by atoms with van der Waals surface area (Å²) in [6.07, 6.45) is 8.50. The molecule has 2 heteroatoms. The van der Waals surface area contributed by atoms with E-state index in [1.807, 2.05) is 0 Å². The van der Waals surface area contributed by atoms with Crippen LogP contribution in [0.2, 0.25) is 0 Å². The van der Waals surface area contributed by atoms with Crippen LogP contribution in [0.15, 0.2) is 0 Å². The summed E-state index contributed by atoms with van der Waals surface area (Å²) < 4.78 is 0. The molecule has 1 saturated heterocycles. The van der Waals surface area contributed by atoms with Crippen molar-refractivity contribution in [3.63, 3.8) is 0 Å². The summed E-state index contributed by atoms with van der Waals surface area (Å²) in [5.74, 6) is 0. The highest BCUT2D eigenvalue weighted by Gasteiger charge is 2.30. The first-order chi connectivity index (χ1) is 6.29. The molecule has 0 bridgehead atoms. The molecule has 2 aliphatic rings. The second-order valence-corrected chi connectivity index (χ2v) is 5.05. The highest BCUT2D eigenvalue weighted by atomic mass is 15.5. The molecule has 13 heavy (non-hydrogen) atoms. The van der Waals surface area contributed by atoms with Gasteiger partial charge in [-0.05, 0) is 31.1 Å². The van der Waals surface area contributed by atoms with Crippen LogP contribution < -0.4 is 5.43 Å². The molecule has 0 unspecified atom stereocenters. The van der Waals surface area contributed by atoms with Gasteiger partial charge in [-0.15, -0.1) is 0 Å². The van der Waals surface area contributed by atoms with Crippen molar-refractivity contribution in [1.82, 2.24) is 10.4 Å². The second-order valence-electron chi connectivity index (χ2n) is 5.05. The lowest BCUT2D eigenvalue weighted by Gasteiger charge is -2.35. The minimum atomic E-state index is 0.615. The molecular weight excluding hydrogens is 160 g/mol. The Labute approximate surface area is 81.7 Å². The molecule has 0 aromatic heterocycles. The summed E-state index contributed by atoms with van der Waals surface area (Å²) in [7, 11) is 0. The van der Waals surface area contributed by atoms with Gasteiger partial charge >= 0.3 is 0 Å². The zero-order chi connectivity index (χ0) is 9.15. The van der Waals surface area contributed by atoms with Crippen molar-refractivity contribution in [2.24, 2.45) is 5.41 Å². The fourth-order valence-corrected chi connectivity index (χ4v) is 2.73. The van der Waals surface area contributed by atoms with Gasteiger partial charge in [0.2, 0.25) is 0 Å². The number of hydrogen-bond acceptors (Lipinski definition) is 2. The first kappa shape index (κ1) is 9.47. The van der Waals surface area contributed by atoms with Crippen LogP contribution in [0.25, 0.3) is 0 Å². The molecule has 2 fully saturated rings. The second kappa shape index (κ2) is 3.97. The summed E-state index contributed by atoms with van der Waals surface area (Å²) in [5.41, 5.74) is 4.12. The number of nitrogens with zero attached hydrogens (tertiary/aromatic N) is 1. The van der Waals surface area contributed by atoms with Crippen LogP contribution in [0.3, 0.4) is 0 Å². The van der Waals surface area contributed by atoms with Crippen LogP contribution in [-0.4, -0.2) is 24.6 Å². The molecule has 0 atom stereocenters. The molecule has 1 N–H and O–H groups in total. The lowest BCUT2D eigenvalue weighted by atomic mass is 9.88. The smallest absolute Gasteiger partial charge is 0.0184 e. The van der Waals surface area contributed by atoms with Gasteiger partial charge in [-0.3, -0.25) is 5.43 Å². The van der Waals surface area contributed by atoms with Gasteiger partial charge in [0.15, 0.2) is 0 Å². The third-order valence-corrected chi connectivity index (χ3v) is 3.57. The Kier molecular flexibility index (Phi) is 2.89. The SMILES string of the molecule is CC1(CN2CCCCN2)CCCC1. The van der Waals surface area contributed by atoms with Crippen LogP contribution in [-0.2, 0) is 0 Å². The van der Waals surface area contributed by atoms with Crippen molar-refractivity contribution in [1.29, 1.82) is 0 Å². The van der Waals surface area contributed by atoms with Crippen LogP contribution in [0.1, 0.15) is 45.4 Å². The largest absolute Gasteiger partial charge is 0.255 e. The molecule has 1 aliphatic heterocycles. The van der Waals surface area contributed by atoms with Crippen molar-refractivity contribution in [3.8, 4) is 0 Å². The van der Waals surface area contributed by atoms with Crippen molar-refractivity contribution < 1.29 is 0 Å². The lowest BCUT2D eigenvalue weighted by Crippen LogP contribution is -2.47. The Bertz CT molecular complexity index is 155. The number of hydrogen-bond donors (Lipinski definition) is 1. The predicted octanol–water partition coefficient (Wildman–Crippen LogP) is 2.17. The maximum atomic E-state index is 3.50. The molecule has 1 saturated carbocycles. The van der Waals surface area contributed by atoms with Crippen LogP contribution in [0.5, 0.6) is 0 Å². The van der Waals surface area contributed by atoms with E-state index in [2.05, 4.69) is 17.4 Å². The van der Waals surface area contributed by atoms with E-state index in [0.717, 1.165) is 0 Å². The Morgan fingerprint density at radius 1 is 1.15 bits per heavy atom. The lowest BCUT2D eigenvalue weighted by molar-refractivity contribution is 0.0913. The van der Waals surface area contributed by atoms with E-state index in [9.17, 15) is 0 Å². The molecule has 1 heterocycles. The van der Waals surface area contributed by atoms with Crippen LogP contribution in [0.4, 0.5) is 0 Å². The van der Waals surface area contributed by atoms with Gasteiger partial charge in [0.05, 0.1) is 0 Å². The third kappa shape index (κ3) is 2.44. The Balaban J connectivity index is 1.81. The first-order valence-electron chi connectivity index (χ1n) is 5.77. The van der Waals surface area contributed by atoms with Gasteiger partial charge in [-0.25, -0.2) is 5.01 Å². The molecule has 2 nitrogen and oxygen atoms in total. The van der Waals surface area contributed by atoms with E-state index in [0.29, 0.717) is 5.41 Å². The molecule has 2 rings (SSSR count). The molecule has 1 aliphatic carbocycles. The summed E-state index contributed by atoms with van der Waals surface area (Å²) >= 11 is 0. The molecular formula is C11H22N2. The zero-order valence-electron chi connectivity index (χ0n) is 8.81. The maximum absolute atomic E-state index is 3.50. The first-order valence-corrected chi connectivity index (χ1v) is 5.77. The normalized spacial score (nSPS) is 29.3. The van der Waals surface area contributed by atoms with E-state index >= 15 is 0 Å². The Morgan fingerprint density at radius 3 is 2.54 bits per heavy atom. The van der Waals surface area contributed by atoms with Gasteiger partial charge in [-0.2, -0.15) is 0 Å². The summed E-state index contributed by atoms with van der Waals surface area (Å²) in [4.78, 5) is 0. The van der Waals surface area contributed by atoms with E-state index in [1.165, 1.54) is 58.2 Å². The van der Waals surface area contributed by atoms with Crippen molar-refractivity contribution >= 4 is 0 Å². The predicted molar refractivity (Wildman–Crippen MR) is 55.4 cm³/mol. The molecule has 0 aromatic carbocycles. The summed E-state index contributed by atoms with van der Waals surface area (Å²) in [5, 5.41) is 2.45. The molecule has 76 valence electrons. The topological polar surface area (TPSA) is 15.3 Å². The van der Waals surface area contributed by atoms with Crippen LogP contribution in [0, 0.1) is 5.41 Å². The van der Waals surface area contributed by atoms with Crippen LogP contribution >= 0.6 is 0 Å². The van der Waals surface area contributed by atoms with E-state index in [4.69, 9.17) is 0 Å². The number of hydrazine groups is 1. The fraction of sp³-hybridized carbons (Fsp3) is 1.00. The van der Waals surface area contributed by atoms with Crippen molar-refractivity contribution in [3.05, 3.63) is 0 Å². The fourth-order valence-electron chi connectivity index (χ4n) is 2.73. The Morgan fingerprint density at radius 2 is 1.92 bits per heavy atom. The molecule has 0 radical (unpaired) electrons. The number of nitrogens with one attached hydrogen (secondary N) is 1. The molecule has 0 aromatic rings. The standard InChI is InChI=1S/C11H22N2/c1-11(6-2-3-7-11)10-13-9-5-4-8-12-13/h12H,2-10H2,1H3. The third-order valence-electron chi connectivity index (χ3n) is 3.57. The monoisotopic (exact) mass is 182 g/mol. The molecule has 0 spiro atoms. The van der Waals surface area contributed by atoms with Gasteiger partial charge < -0.3 is 0 Å². The van der Waals surface area contributed by atoms with Gasteiger partial charge in [0.25, 0.3) is 0 Å². The van der Waals surface area contributed by atoms with E-state index < -0.39 is 0 Å². The van der Waals surface area contributed by atoms with Crippen molar-refractivity contribution in [2.75, 3.05) is 19.6 Å². The van der Waals surface area contributed by atoms with Gasteiger partial charge in [-0.1, -0.05) is 19.8 Å². The minimum absolute atomic E-state index is 0.615. The minimum Gasteiger partial charge on any atom is -0.255 e. The van der Waals surface area contributed by atoms with E-state index in [1.54, 1.807) is 0 Å². The Hall–Kier alpha value is -0.0800. The van der Waals surface area contributed by atoms with E-state index in [-0.39, 0.29) is 0 Å².